The number of rotatable bonds is 3. The molecule has 120 valence electrons. The van der Waals surface area contributed by atoms with Crippen molar-refractivity contribution in [2.45, 2.75) is 37.8 Å². The van der Waals surface area contributed by atoms with Crippen LogP contribution in [0.2, 0.25) is 0 Å². The van der Waals surface area contributed by atoms with E-state index < -0.39 is 5.60 Å². The van der Waals surface area contributed by atoms with Gasteiger partial charge in [0.1, 0.15) is 5.82 Å². The van der Waals surface area contributed by atoms with Crippen molar-refractivity contribution in [2.75, 3.05) is 18.0 Å². The van der Waals surface area contributed by atoms with Crippen molar-refractivity contribution in [1.29, 1.82) is 0 Å². The zero-order valence-electron chi connectivity index (χ0n) is 13.1. The quantitative estimate of drug-likeness (QED) is 0.897. The minimum Gasteiger partial charge on any atom is -0.390 e. The number of aliphatic hydroxyl groups is 1. The lowest BCUT2D eigenvalue weighted by molar-refractivity contribution is -0.0366. The van der Waals surface area contributed by atoms with Gasteiger partial charge in [-0.05, 0) is 32.3 Å². The molecule has 1 aliphatic heterocycles. The molecule has 2 aromatic heterocycles. The zero-order chi connectivity index (χ0) is 16.0. The SMILES string of the molecule is C[C@]1(O)C[C@@H](NC(=O)c2cnc3cc(N4CCC4)ncc3c2)C1. The smallest absolute Gasteiger partial charge is 0.253 e. The minimum atomic E-state index is -0.642. The lowest BCUT2D eigenvalue weighted by Gasteiger charge is -2.41. The van der Waals surface area contributed by atoms with Crippen molar-refractivity contribution < 1.29 is 9.90 Å². The molecule has 0 atom stereocenters. The Morgan fingerprint density at radius 3 is 2.74 bits per heavy atom. The summed E-state index contributed by atoms with van der Waals surface area (Å²) >= 11 is 0. The van der Waals surface area contributed by atoms with Crippen LogP contribution < -0.4 is 10.2 Å². The van der Waals surface area contributed by atoms with E-state index in [-0.39, 0.29) is 11.9 Å². The molecule has 0 bridgehead atoms. The lowest BCUT2D eigenvalue weighted by atomic mass is 9.77. The first-order chi connectivity index (χ1) is 11.0. The van der Waals surface area contributed by atoms with Crippen LogP contribution in [0.4, 0.5) is 5.82 Å². The summed E-state index contributed by atoms with van der Waals surface area (Å²) in [5, 5.41) is 13.5. The highest BCUT2D eigenvalue weighted by Gasteiger charge is 2.39. The molecular formula is C17H20N4O2. The van der Waals surface area contributed by atoms with Gasteiger partial charge in [0.05, 0.1) is 16.7 Å². The van der Waals surface area contributed by atoms with Gasteiger partial charge in [0.15, 0.2) is 0 Å². The van der Waals surface area contributed by atoms with Crippen LogP contribution in [0, 0.1) is 0 Å². The van der Waals surface area contributed by atoms with E-state index in [0.717, 1.165) is 29.8 Å². The van der Waals surface area contributed by atoms with Gasteiger partial charge in [-0.1, -0.05) is 0 Å². The minimum absolute atomic E-state index is 0.0418. The lowest BCUT2D eigenvalue weighted by Crippen LogP contribution is -2.53. The number of carbonyl (C=O) groups excluding carboxylic acids is 1. The Morgan fingerprint density at radius 2 is 2.09 bits per heavy atom. The molecule has 2 N–H and O–H groups in total. The summed E-state index contributed by atoms with van der Waals surface area (Å²) in [6.07, 6.45) is 5.79. The Hall–Kier alpha value is -2.21. The first-order valence-corrected chi connectivity index (χ1v) is 8.04. The molecule has 6 nitrogen and oxygen atoms in total. The summed E-state index contributed by atoms with van der Waals surface area (Å²) < 4.78 is 0. The number of anilines is 1. The predicted molar refractivity (Wildman–Crippen MR) is 87.5 cm³/mol. The Morgan fingerprint density at radius 1 is 1.30 bits per heavy atom. The number of amides is 1. The van der Waals surface area contributed by atoms with Crippen LogP contribution in [0.3, 0.4) is 0 Å². The van der Waals surface area contributed by atoms with Crippen molar-refractivity contribution >= 4 is 22.6 Å². The number of aromatic nitrogens is 2. The number of hydrogen-bond acceptors (Lipinski definition) is 5. The van der Waals surface area contributed by atoms with Crippen LogP contribution in [0.5, 0.6) is 0 Å². The largest absolute Gasteiger partial charge is 0.390 e. The molecule has 2 aliphatic rings. The van der Waals surface area contributed by atoms with Gasteiger partial charge in [-0.2, -0.15) is 0 Å². The van der Waals surface area contributed by atoms with Gasteiger partial charge in [-0.25, -0.2) is 4.98 Å². The van der Waals surface area contributed by atoms with Gasteiger partial charge in [-0.15, -0.1) is 0 Å². The van der Waals surface area contributed by atoms with Crippen molar-refractivity contribution in [1.82, 2.24) is 15.3 Å². The van der Waals surface area contributed by atoms with E-state index in [1.54, 1.807) is 19.3 Å². The van der Waals surface area contributed by atoms with E-state index in [1.165, 1.54) is 6.42 Å². The van der Waals surface area contributed by atoms with Crippen LogP contribution >= 0.6 is 0 Å². The molecule has 0 radical (unpaired) electrons. The summed E-state index contributed by atoms with van der Waals surface area (Å²) in [5.41, 5.74) is 0.740. The monoisotopic (exact) mass is 312 g/mol. The Labute approximate surface area is 134 Å². The second-order valence-electron chi connectivity index (χ2n) is 6.88. The molecule has 1 saturated heterocycles. The summed E-state index contributed by atoms with van der Waals surface area (Å²) in [5.74, 6) is 0.803. The molecule has 0 aromatic carbocycles. The third-order valence-corrected chi connectivity index (χ3v) is 4.70. The molecule has 2 fully saturated rings. The zero-order valence-corrected chi connectivity index (χ0v) is 13.1. The predicted octanol–water partition coefficient (Wildman–Crippen LogP) is 1.48. The highest BCUT2D eigenvalue weighted by molar-refractivity contribution is 5.97. The van der Waals surface area contributed by atoms with Crippen LogP contribution in [-0.4, -0.2) is 45.7 Å². The first kappa shape index (κ1) is 14.4. The second-order valence-corrected chi connectivity index (χ2v) is 6.88. The summed E-state index contributed by atoms with van der Waals surface area (Å²) in [6, 6.07) is 3.83. The maximum absolute atomic E-state index is 12.3. The van der Waals surface area contributed by atoms with E-state index >= 15 is 0 Å². The number of carbonyl (C=O) groups is 1. The number of nitrogens with one attached hydrogen (secondary N) is 1. The van der Waals surface area contributed by atoms with Crippen molar-refractivity contribution in [3.05, 3.63) is 30.1 Å². The maximum atomic E-state index is 12.3. The Kier molecular flexibility index (Phi) is 3.23. The normalized spacial score (nSPS) is 26.5. The molecule has 0 unspecified atom stereocenters. The van der Waals surface area contributed by atoms with E-state index in [1.807, 2.05) is 12.1 Å². The summed E-state index contributed by atoms with van der Waals surface area (Å²) in [4.78, 5) is 23.3. The standard InChI is InChI=1S/C17H20N4O2/c1-17(23)7-13(8-17)20-16(22)12-5-11-9-19-15(21-3-2-4-21)6-14(11)18-10-12/h5-6,9-10,13,23H,2-4,7-8H2,1H3,(H,20,22)/t13-,17+. The van der Waals surface area contributed by atoms with Gasteiger partial charge in [-0.3, -0.25) is 9.78 Å². The van der Waals surface area contributed by atoms with Gasteiger partial charge in [0, 0.05) is 43.0 Å². The van der Waals surface area contributed by atoms with Gasteiger partial charge >= 0.3 is 0 Å². The molecule has 1 amide bonds. The molecule has 2 aromatic rings. The number of hydrogen-bond donors (Lipinski definition) is 2. The molecule has 3 heterocycles. The first-order valence-electron chi connectivity index (χ1n) is 8.04. The van der Waals surface area contributed by atoms with E-state index in [2.05, 4.69) is 20.2 Å². The van der Waals surface area contributed by atoms with Crippen molar-refractivity contribution in [3.8, 4) is 0 Å². The van der Waals surface area contributed by atoms with Gasteiger partial charge in [0.25, 0.3) is 5.91 Å². The van der Waals surface area contributed by atoms with Crippen LogP contribution in [0.25, 0.3) is 10.9 Å². The average molecular weight is 312 g/mol. The molecule has 0 spiro atoms. The van der Waals surface area contributed by atoms with E-state index in [9.17, 15) is 9.90 Å². The Bertz CT molecular complexity index is 762. The fourth-order valence-electron chi connectivity index (χ4n) is 3.23. The van der Waals surface area contributed by atoms with Crippen LogP contribution in [0.15, 0.2) is 24.5 Å². The van der Waals surface area contributed by atoms with Crippen LogP contribution in [0.1, 0.15) is 36.5 Å². The number of nitrogens with zero attached hydrogens (tertiary/aromatic N) is 3. The molecule has 6 heteroatoms. The second kappa shape index (κ2) is 5.16. The van der Waals surface area contributed by atoms with Gasteiger partial charge in [0.2, 0.25) is 0 Å². The third kappa shape index (κ3) is 2.74. The maximum Gasteiger partial charge on any atom is 0.253 e. The van der Waals surface area contributed by atoms with Crippen molar-refractivity contribution in [2.24, 2.45) is 0 Å². The summed E-state index contributed by atoms with van der Waals surface area (Å²) in [7, 11) is 0. The fourth-order valence-corrected chi connectivity index (χ4v) is 3.23. The molecule has 1 aliphatic carbocycles. The van der Waals surface area contributed by atoms with E-state index in [4.69, 9.17) is 0 Å². The van der Waals surface area contributed by atoms with Crippen LogP contribution in [-0.2, 0) is 0 Å². The van der Waals surface area contributed by atoms with Gasteiger partial charge < -0.3 is 15.3 Å². The third-order valence-electron chi connectivity index (χ3n) is 4.70. The molecule has 23 heavy (non-hydrogen) atoms. The van der Waals surface area contributed by atoms with E-state index in [0.29, 0.717) is 18.4 Å². The van der Waals surface area contributed by atoms with Crippen molar-refractivity contribution in [3.63, 3.8) is 0 Å². The number of pyridine rings is 2. The summed E-state index contributed by atoms with van der Waals surface area (Å²) in [6.45, 7) is 3.88. The molecular weight excluding hydrogens is 292 g/mol. The Balaban J connectivity index is 1.51. The highest BCUT2D eigenvalue weighted by Crippen LogP contribution is 2.31. The topological polar surface area (TPSA) is 78.3 Å². The molecule has 4 rings (SSSR count). The number of fused-ring (bicyclic) bond motifs is 1. The average Bonchev–Trinajstić information content (AvgIpc) is 2.43. The fraction of sp³-hybridized carbons (Fsp3) is 0.471. The highest BCUT2D eigenvalue weighted by atomic mass is 16.3. The molecule has 1 saturated carbocycles.